The third-order valence-electron chi connectivity index (χ3n) is 3.00. The Morgan fingerprint density at radius 2 is 1.44 bits per heavy atom. The van der Waals surface area contributed by atoms with Crippen molar-refractivity contribution >= 4 is 0 Å². The van der Waals surface area contributed by atoms with Crippen molar-refractivity contribution in [3.63, 3.8) is 0 Å². The van der Waals surface area contributed by atoms with E-state index in [1.165, 1.54) is 5.56 Å². The Hall–Kier alpha value is -1.80. The lowest BCUT2D eigenvalue weighted by Crippen LogP contribution is -2.07. The summed E-state index contributed by atoms with van der Waals surface area (Å²) in [4.78, 5) is 0. The van der Waals surface area contributed by atoms with Gasteiger partial charge in [0.1, 0.15) is 11.5 Å². The molecule has 1 unspecified atom stereocenters. The van der Waals surface area contributed by atoms with Crippen LogP contribution in [-0.2, 0) is 0 Å². The molecule has 0 saturated carbocycles. The molecule has 2 N–H and O–H groups in total. The molecule has 0 aliphatic carbocycles. The molecule has 0 aromatic heterocycles. The Balaban J connectivity index is 2.08. The second kappa shape index (κ2) is 5.69. The maximum Gasteiger partial charge on any atom is 0.127 e. The van der Waals surface area contributed by atoms with E-state index in [1.54, 1.807) is 0 Å². The highest BCUT2D eigenvalue weighted by Gasteiger charge is 2.03. The molecule has 1 atom stereocenters. The highest BCUT2D eigenvalue weighted by atomic mass is 16.5. The fraction of sp³-hybridized carbons (Fsp3) is 0.250. The molecule has 0 aliphatic heterocycles. The average molecular weight is 241 g/mol. The Morgan fingerprint density at radius 1 is 0.944 bits per heavy atom. The Morgan fingerprint density at radius 3 is 1.94 bits per heavy atom. The Kier molecular flexibility index (Phi) is 4.00. The maximum absolute atomic E-state index is 5.97. The zero-order valence-electron chi connectivity index (χ0n) is 10.9. The van der Waals surface area contributed by atoms with E-state index >= 15 is 0 Å². The van der Waals surface area contributed by atoms with Gasteiger partial charge in [-0.3, -0.25) is 0 Å². The molecule has 2 heteroatoms. The average Bonchev–Trinajstić information content (AvgIpc) is 2.41. The quantitative estimate of drug-likeness (QED) is 0.870. The molecular formula is C16H19NO. The van der Waals surface area contributed by atoms with Crippen LogP contribution in [0, 0.1) is 6.92 Å². The molecular weight excluding hydrogens is 222 g/mol. The fourth-order valence-corrected chi connectivity index (χ4v) is 1.76. The number of nitrogens with two attached hydrogens (primary N) is 1. The molecule has 94 valence electrons. The Bertz CT molecular complexity index is 488. The highest BCUT2D eigenvalue weighted by molar-refractivity contribution is 5.34. The first-order chi connectivity index (χ1) is 8.69. The minimum Gasteiger partial charge on any atom is -0.457 e. The summed E-state index contributed by atoms with van der Waals surface area (Å²) in [7, 11) is 0. The summed E-state index contributed by atoms with van der Waals surface area (Å²) >= 11 is 0. The van der Waals surface area contributed by atoms with Gasteiger partial charge in [-0.2, -0.15) is 0 Å². The lowest BCUT2D eigenvalue weighted by molar-refractivity contribution is 0.482. The van der Waals surface area contributed by atoms with Crippen molar-refractivity contribution in [2.75, 3.05) is 0 Å². The lowest BCUT2D eigenvalue weighted by Gasteiger charge is -2.10. The molecule has 0 heterocycles. The zero-order valence-corrected chi connectivity index (χ0v) is 10.9. The summed E-state index contributed by atoms with van der Waals surface area (Å²) in [5.41, 5.74) is 8.35. The van der Waals surface area contributed by atoms with Crippen molar-refractivity contribution in [1.82, 2.24) is 0 Å². The monoisotopic (exact) mass is 241 g/mol. The van der Waals surface area contributed by atoms with E-state index in [9.17, 15) is 0 Å². The van der Waals surface area contributed by atoms with Crippen LogP contribution in [0.1, 0.15) is 30.5 Å². The van der Waals surface area contributed by atoms with Crippen LogP contribution < -0.4 is 10.5 Å². The first kappa shape index (κ1) is 12.7. The van der Waals surface area contributed by atoms with Crippen molar-refractivity contribution < 1.29 is 4.74 Å². The zero-order chi connectivity index (χ0) is 13.0. The first-order valence-corrected chi connectivity index (χ1v) is 6.29. The number of hydrogen-bond acceptors (Lipinski definition) is 2. The summed E-state index contributed by atoms with van der Waals surface area (Å²) in [6, 6.07) is 16.1. The second-order valence-electron chi connectivity index (χ2n) is 4.50. The van der Waals surface area contributed by atoms with Gasteiger partial charge in [0.25, 0.3) is 0 Å². The molecule has 18 heavy (non-hydrogen) atoms. The fourth-order valence-electron chi connectivity index (χ4n) is 1.76. The van der Waals surface area contributed by atoms with Crippen molar-refractivity contribution in [1.29, 1.82) is 0 Å². The molecule has 0 bridgehead atoms. The van der Waals surface area contributed by atoms with E-state index in [-0.39, 0.29) is 6.04 Å². The molecule has 0 fully saturated rings. The Labute approximate surface area is 108 Å². The number of aryl methyl sites for hydroxylation is 1. The predicted molar refractivity (Wildman–Crippen MR) is 74.9 cm³/mol. The SMILES string of the molecule is CCC(N)c1ccc(Oc2ccc(C)cc2)cc1. The summed E-state index contributed by atoms with van der Waals surface area (Å²) in [5.74, 6) is 1.69. The minimum absolute atomic E-state index is 0.110. The normalized spacial score (nSPS) is 12.2. The summed E-state index contributed by atoms with van der Waals surface area (Å²) in [5, 5.41) is 0. The standard InChI is InChI=1S/C16H19NO/c1-3-16(17)13-6-10-15(11-7-13)18-14-8-4-12(2)5-9-14/h4-11,16H,3,17H2,1-2H3. The van der Waals surface area contributed by atoms with Gasteiger partial charge >= 0.3 is 0 Å². The van der Waals surface area contributed by atoms with Gasteiger partial charge in [0.05, 0.1) is 0 Å². The van der Waals surface area contributed by atoms with Crippen LogP contribution in [0.4, 0.5) is 0 Å². The molecule has 2 aromatic carbocycles. The van der Waals surface area contributed by atoms with E-state index in [1.807, 2.05) is 48.5 Å². The maximum atomic E-state index is 5.97. The van der Waals surface area contributed by atoms with Crippen molar-refractivity contribution in [2.24, 2.45) is 5.73 Å². The molecule has 0 saturated heterocycles. The minimum atomic E-state index is 0.110. The largest absolute Gasteiger partial charge is 0.457 e. The molecule has 0 radical (unpaired) electrons. The van der Waals surface area contributed by atoms with Crippen LogP contribution in [0.15, 0.2) is 48.5 Å². The van der Waals surface area contributed by atoms with E-state index in [2.05, 4.69) is 13.8 Å². The van der Waals surface area contributed by atoms with Gasteiger partial charge in [0.15, 0.2) is 0 Å². The van der Waals surface area contributed by atoms with Crippen molar-refractivity contribution in [2.45, 2.75) is 26.3 Å². The van der Waals surface area contributed by atoms with Crippen molar-refractivity contribution in [3.8, 4) is 11.5 Å². The van der Waals surface area contributed by atoms with Gasteiger partial charge in [0, 0.05) is 6.04 Å². The smallest absolute Gasteiger partial charge is 0.127 e. The molecule has 0 aliphatic rings. The molecule has 2 aromatic rings. The van der Waals surface area contributed by atoms with Gasteiger partial charge in [-0.05, 0) is 43.2 Å². The molecule has 2 rings (SSSR count). The summed E-state index contributed by atoms with van der Waals surface area (Å²) in [6.45, 7) is 4.14. The van der Waals surface area contributed by atoms with Gasteiger partial charge in [-0.25, -0.2) is 0 Å². The second-order valence-corrected chi connectivity index (χ2v) is 4.50. The first-order valence-electron chi connectivity index (χ1n) is 6.29. The van der Waals surface area contributed by atoms with Crippen LogP contribution in [0.5, 0.6) is 11.5 Å². The number of ether oxygens (including phenoxy) is 1. The lowest BCUT2D eigenvalue weighted by atomic mass is 10.1. The van der Waals surface area contributed by atoms with Crippen LogP contribution in [0.2, 0.25) is 0 Å². The van der Waals surface area contributed by atoms with E-state index in [0.717, 1.165) is 23.5 Å². The van der Waals surface area contributed by atoms with E-state index < -0.39 is 0 Å². The van der Waals surface area contributed by atoms with Crippen LogP contribution in [-0.4, -0.2) is 0 Å². The summed E-state index contributed by atoms with van der Waals surface area (Å²) in [6.07, 6.45) is 0.943. The van der Waals surface area contributed by atoms with Gasteiger partial charge in [-0.15, -0.1) is 0 Å². The molecule has 0 spiro atoms. The van der Waals surface area contributed by atoms with Crippen LogP contribution in [0.25, 0.3) is 0 Å². The van der Waals surface area contributed by atoms with Gasteiger partial charge < -0.3 is 10.5 Å². The van der Waals surface area contributed by atoms with E-state index in [0.29, 0.717) is 0 Å². The van der Waals surface area contributed by atoms with Crippen molar-refractivity contribution in [3.05, 3.63) is 59.7 Å². The van der Waals surface area contributed by atoms with Gasteiger partial charge in [-0.1, -0.05) is 36.8 Å². The van der Waals surface area contributed by atoms with E-state index in [4.69, 9.17) is 10.5 Å². The summed E-state index contributed by atoms with van der Waals surface area (Å²) < 4.78 is 5.76. The number of benzene rings is 2. The molecule has 0 amide bonds. The van der Waals surface area contributed by atoms with Crippen LogP contribution in [0.3, 0.4) is 0 Å². The van der Waals surface area contributed by atoms with Crippen LogP contribution >= 0.6 is 0 Å². The highest BCUT2D eigenvalue weighted by Crippen LogP contribution is 2.23. The third-order valence-corrected chi connectivity index (χ3v) is 3.00. The van der Waals surface area contributed by atoms with Gasteiger partial charge in [0.2, 0.25) is 0 Å². The topological polar surface area (TPSA) is 35.2 Å². The number of hydrogen-bond donors (Lipinski definition) is 1. The predicted octanol–water partition coefficient (Wildman–Crippen LogP) is 4.20. The third kappa shape index (κ3) is 3.11. The number of rotatable bonds is 4. The molecule has 2 nitrogen and oxygen atoms in total.